The Bertz CT molecular complexity index is 582. The van der Waals surface area contributed by atoms with Crippen molar-refractivity contribution < 1.29 is 9.90 Å². The molecule has 0 fully saturated rings. The molecule has 2 rings (SSSR count). The predicted octanol–water partition coefficient (Wildman–Crippen LogP) is 1.56. The number of nitrogens with zero attached hydrogens (tertiary/aromatic N) is 3. The molecule has 6 nitrogen and oxygen atoms in total. The summed E-state index contributed by atoms with van der Waals surface area (Å²) in [7, 11) is 2.30. The summed E-state index contributed by atoms with van der Waals surface area (Å²) in [6.07, 6.45) is 2.23. The van der Waals surface area contributed by atoms with E-state index in [9.17, 15) is 4.79 Å². The minimum absolute atomic E-state index is 0.0803. The average Bonchev–Trinajstić information content (AvgIpc) is 2.74. The fourth-order valence-electron chi connectivity index (χ4n) is 1.90. The number of pyridine rings is 1. The van der Waals surface area contributed by atoms with Crippen molar-refractivity contribution in [3.63, 3.8) is 0 Å². The monoisotopic (exact) mass is 266 g/mol. The van der Waals surface area contributed by atoms with E-state index in [1.165, 1.54) is 0 Å². The maximum Gasteiger partial charge on any atom is 0.303 e. The zero-order valence-corrected chi connectivity index (χ0v) is 11.3. The van der Waals surface area contributed by atoms with E-state index >= 15 is 0 Å². The number of nitrogens with one attached hydrogen (secondary N) is 1. The van der Waals surface area contributed by atoms with Crippen molar-refractivity contribution >= 4 is 31.4 Å². The van der Waals surface area contributed by atoms with Crippen molar-refractivity contribution in [1.82, 2.24) is 14.5 Å². The lowest BCUT2D eigenvalue weighted by atomic mass is 10.1. The normalized spacial score (nSPS) is 11.4. The number of hydrogen-bond donors (Lipinski definition) is 2. The Kier molecular flexibility index (Phi) is 3.77. The number of anilines is 1. The standard InChI is InChI=1S/C11H15N4O2P/c1-12-11-10-7(3-4-9(16)17)14-15(18-2)8(10)5-6-13-11/h5-6,18H,3-4H2,1-2H3,(H,12,13)(H,16,17). The van der Waals surface area contributed by atoms with Gasteiger partial charge in [0.05, 0.1) is 23.0 Å². The number of carbonyl (C=O) groups is 1. The summed E-state index contributed by atoms with van der Waals surface area (Å²) in [5.74, 6) is -0.0658. The van der Waals surface area contributed by atoms with E-state index in [0.29, 0.717) is 15.2 Å². The molecule has 0 aromatic carbocycles. The lowest BCUT2D eigenvalue weighted by Gasteiger charge is -2.02. The van der Waals surface area contributed by atoms with Crippen LogP contribution in [0.4, 0.5) is 5.82 Å². The Morgan fingerprint density at radius 3 is 3.00 bits per heavy atom. The number of aliphatic carboxylic acids is 1. The summed E-state index contributed by atoms with van der Waals surface area (Å²) < 4.78 is 1.90. The van der Waals surface area contributed by atoms with Crippen molar-refractivity contribution in [3.05, 3.63) is 18.0 Å². The molecule has 0 radical (unpaired) electrons. The fourth-order valence-corrected chi connectivity index (χ4v) is 2.55. The van der Waals surface area contributed by atoms with Crippen LogP contribution >= 0.6 is 8.73 Å². The maximum absolute atomic E-state index is 10.7. The lowest BCUT2D eigenvalue weighted by Crippen LogP contribution is -1.99. The van der Waals surface area contributed by atoms with Gasteiger partial charge < -0.3 is 10.4 Å². The molecule has 2 aromatic rings. The molecule has 0 amide bonds. The van der Waals surface area contributed by atoms with Crippen molar-refractivity contribution in [3.8, 4) is 0 Å². The van der Waals surface area contributed by atoms with Crippen LogP contribution in [0.15, 0.2) is 12.3 Å². The molecule has 18 heavy (non-hydrogen) atoms. The van der Waals surface area contributed by atoms with Gasteiger partial charge in [0, 0.05) is 28.4 Å². The Morgan fingerprint density at radius 1 is 1.61 bits per heavy atom. The summed E-state index contributed by atoms with van der Waals surface area (Å²) in [6, 6.07) is 1.91. The first kappa shape index (κ1) is 12.8. The fraction of sp³-hybridized carbons (Fsp3) is 0.364. The number of carboxylic acid groups (broad SMARTS) is 1. The van der Waals surface area contributed by atoms with E-state index in [0.717, 1.165) is 22.4 Å². The molecule has 2 N–H and O–H groups in total. The van der Waals surface area contributed by atoms with Gasteiger partial charge in [-0.25, -0.2) is 9.44 Å². The minimum Gasteiger partial charge on any atom is -0.481 e. The van der Waals surface area contributed by atoms with Crippen LogP contribution in [0.25, 0.3) is 10.9 Å². The molecule has 2 aromatic heterocycles. The number of carboxylic acids is 1. The molecule has 0 spiro atoms. The molecule has 0 bridgehead atoms. The highest BCUT2D eigenvalue weighted by Crippen LogP contribution is 2.29. The summed E-state index contributed by atoms with van der Waals surface area (Å²) in [6.45, 7) is 2.03. The second-order valence-electron chi connectivity index (χ2n) is 3.78. The molecule has 7 heteroatoms. The Balaban J connectivity index is 2.53. The highest BCUT2D eigenvalue weighted by Gasteiger charge is 2.14. The molecule has 96 valence electrons. The Morgan fingerprint density at radius 2 is 2.39 bits per heavy atom. The van der Waals surface area contributed by atoms with Crippen molar-refractivity contribution in [2.24, 2.45) is 0 Å². The van der Waals surface area contributed by atoms with Gasteiger partial charge >= 0.3 is 5.97 Å². The molecule has 0 aliphatic heterocycles. The van der Waals surface area contributed by atoms with Gasteiger partial charge in [-0.1, -0.05) is 0 Å². The van der Waals surface area contributed by atoms with Crippen LogP contribution in [-0.4, -0.2) is 39.3 Å². The third-order valence-corrected chi connectivity index (χ3v) is 3.46. The first-order valence-electron chi connectivity index (χ1n) is 5.61. The zero-order chi connectivity index (χ0) is 13.1. The van der Waals surface area contributed by atoms with Gasteiger partial charge in [0.25, 0.3) is 0 Å². The number of aryl methyl sites for hydroxylation is 1. The third kappa shape index (κ3) is 2.29. The first-order valence-corrected chi connectivity index (χ1v) is 7.06. The second kappa shape index (κ2) is 5.31. The van der Waals surface area contributed by atoms with Crippen LogP contribution in [0, 0.1) is 0 Å². The largest absolute Gasteiger partial charge is 0.481 e. The van der Waals surface area contributed by atoms with Crippen LogP contribution in [-0.2, 0) is 11.2 Å². The smallest absolute Gasteiger partial charge is 0.303 e. The topological polar surface area (TPSA) is 80.0 Å². The Labute approximate surface area is 106 Å². The molecule has 0 aliphatic carbocycles. The van der Waals surface area contributed by atoms with Crippen molar-refractivity contribution in [2.75, 3.05) is 19.0 Å². The highest BCUT2D eigenvalue weighted by atomic mass is 31.1. The maximum atomic E-state index is 10.7. The van der Waals surface area contributed by atoms with Crippen LogP contribution in [0.1, 0.15) is 12.1 Å². The van der Waals surface area contributed by atoms with Crippen molar-refractivity contribution in [1.29, 1.82) is 0 Å². The van der Waals surface area contributed by atoms with E-state index in [-0.39, 0.29) is 6.42 Å². The van der Waals surface area contributed by atoms with E-state index in [1.54, 1.807) is 13.2 Å². The van der Waals surface area contributed by atoms with E-state index < -0.39 is 5.97 Å². The second-order valence-corrected chi connectivity index (χ2v) is 4.65. The van der Waals surface area contributed by atoms with Crippen LogP contribution < -0.4 is 5.32 Å². The van der Waals surface area contributed by atoms with Crippen molar-refractivity contribution in [2.45, 2.75) is 12.8 Å². The molecular formula is C11H15N4O2P. The Hall–Kier alpha value is -1.68. The SMILES string of the molecule is CNc1nccc2c1c(CCC(=O)O)nn2PC. The van der Waals surface area contributed by atoms with Gasteiger partial charge in [0.15, 0.2) is 0 Å². The molecule has 1 unspecified atom stereocenters. The first-order chi connectivity index (χ1) is 8.67. The van der Waals surface area contributed by atoms with Gasteiger partial charge in [-0.15, -0.1) is 0 Å². The van der Waals surface area contributed by atoms with Crippen LogP contribution in [0.2, 0.25) is 0 Å². The molecule has 1 atom stereocenters. The summed E-state index contributed by atoms with van der Waals surface area (Å²) >= 11 is 0. The molecular weight excluding hydrogens is 251 g/mol. The lowest BCUT2D eigenvalue weighted by molar-refractivity contribution is -0.136. The molecule has 0 aliphatic rings. The highest BCUT2D eigenvalue weighted by molar-refractivity contribution is 7.35. The third-order valence-electron chi connectivity index (χ3n) is 2.69. The average molecular weight is 266 g/mol. The summed E-state index contributed by atoms with van der Waals surface area (Å²) in [5, 5.41) is 17.2. The van der Waals surface area contributed by atoms with Gasteiger partial charge in [0.2, 0.25) is 0 Å². The number of hydrogen-bond acceptors (Lipinski definition) is 4. The summed E-state index contributed by atoms with van der Waals surface area (Å²) in [5.41, 5.74) is 1.79. The molecule has 0 saturated heterocycles. The van der Waals surface area contributed by atoms with Gasteiger partial charge in [0.1, 0.15) is 5.82 Å². The van der Waals surface area contributed by atoms with Gasteiger partial charge in [-0.2, -0.15) is 5.10 Å². The van der Waals surface area contributed by atoms with E-state index in [2.05, 4.69) is 15.4 Å². The number of aromatic nitrogens is 3. The summed E-state index contributed by atoms with van der Waals surface area (Å²) in [4.78, 5) is 14.9. The predicted molar refractivity (Wildman–Crippen MR) is 72.7 cm³/mol. The van der Waals surface area contributed by atoms with E-state index in [4.69, 9.17) is 5.11 Å². The number of rotatable bonds is 5. The zero-order valence-electron chi connectivity index (χ0n) is 10.3. The van der Waals surface area contributed by atoms with Crippen LogP contribution in [0.5, 0.6) is 0 Å². The van der Waals surface area contributed by atoms with Gasteiger partial charge in [-0.3, -0.25) is 4.79 Å². The number of fused-ring (bicyclic) bond motifs is 1. The quantitative estimate of drug-likeness (QED) is 0.803. The molecule has 2 heterocycles. The van der Waals surface area contributed by atoms with Crippen LogP contribution in [0.3, 0.4) is 0 Å². The van der Waals surface area contributed by atoms with E-state index in [1.807, 2.05) is 17.2 Å². The molecule has 0 saturated carbocycles. The minimum atomic E-state index is -0.813. The van der Waals surface area contributed by atoms with Gasteiger partial charge in [-0.05, 0) is 12.7 Å².